The second-order valence-electron chi connectivity index (χ2n) is 10.4. The van der Waals surface area contributed by atoms with Crippen LogP contribution in [0.15, 0.2) is 30.3 Å². The summed E-state index contributed by atoms with van der Waals surface area (Å²) < 4.78 is 33.4. The summed E-state index contributed by atoms with van der Waals surface area (Å²) in [5, 5.41) is 20.5. The van der Waals surface area contributed by atoms with E-state index in [1.165, 1.54) is 31.7 Å². The molecular formula is C28H39N5O7S. The molecule has 1 aromatic heterocycles. The number of nitro groups is 1. The van der Waals surface area contributed by atoms with Crippen molar-refractivity contribution < 1.29 is 27.4 Å². The topological polar surface area (TPSA) is 157 Å². The summed E-state index contributed by atoms with van der Waals surface area (Å²) >= 11 is 0. The highest BCUT2D eigenvalue weighted by Crippen LogP contribution is 2.48. The third-order valence-corrected chi connectivity index (χ3v) is 6.57. The first-order valence-corrected chi connectivity index (χ1v) is 15.6. The van der Waals surface area contributed by atoms with Crippen molar-refractivity contribution in [3.63, 3.8) is 0 Å². The maximum atomic E-state index is 12.4. The SMILES string of the molecule is CCCCCCCCCC(=O)Oc1ccc2c(c1)-c1nn(CCN(C)C)c3ccc([N+](=O)[O-])c(c13)N2.CS(=O)(=O)O. The minimum Gasteiger partial charge on any atom is -0.427 e. The van der Waals surface area contributed by atoms with Gasteiger partial charge in [-0.2, -0.15) is 13.5 Å². The lowest BCUT2D eigenvalue weighted by Crippen LogP contribution is -2.18. The number of unbranched alkanes of at least 4 members (excludes halogenated alkanes) is 6. The Morgan fingerprint density at radius 3 is 2.41 bits per heavy atom. The van der Waals surface area contributed by atoms with E-state index < -0.39 is 10.1 Å². The molecule has 0 unspecified atom stereocenters. The fraction of sp³-hybridized carbons (Fsp3) is 0.500. The molecular weight excluding hydrogens is 550 g/mol. The zero-order valence-corrected chi connectivity index (χ0v) is 24.9. The van der Waals surface area contributed by atoms with Gasteiger partial charge in [-0.3, -0.25) is 24.1 Å². The van der Waals surface area contributed by atoms with Gasteiger partial charge in [-0.1, -0.05) is 45.4 Å². The Hall–Kier alpha value is -3.55. The van der Waals surface area contributed by atoms with E-state index in [1.54, 1.807) is 24.3 Å². The van der Waals surface area contributed by atoms with E-state index in [2.05, 4.69) is 17.1 Å². The summed E-state index contributed by atoms with van der Waals surface area (Å²) in [5.74, 6) is 0.207. The maximum Gasteiger partial charge on any atom is 0.311 e. The lowest BCUT2D eigenvalue weighted by Gasteiger charge is -2.18. The number of hydrogen-bond donors (Lipinski definition) is 2. The predicted molar refractivity (Wildman–Crippen MR) is 159 cm³/mol. The first kappa shape index (κ1) is 32.0. The zero-order valence-electron chi connectivity index (χ0n) is 24.1. The van der Waals surface area contributed by atoms with Gasteiger partial charge in [0.15, 0.2) is 0 Å². The van der Waals surface area contributed by atoms with E-state index in [4.69, 9.17) is 14.4 Å². The van der Waals surface area contributed by atoms with Crippen LogP contribution in [-0.4, -0.2) is 65.4 Å². The third kappa shape index (κ3) is 9.23. The van der Waals surface area contributed by atoms with Crippen molar-refractivity contribution >= 4 is 44.1 Å². The van der Waals surface area contributed by atoms with Crippen LogP contribution in [0.1, 0.15) is 58.3 Å². The second kappa shape index (κ2) is 14.4. The number of nitrogens with zero attached hydrogens (tertiary/aromatic N) is 4. The summed E-state index contributed by atoms with van der Waals surface area (Å²) in [6.45, 7) is 3.62. The number of nitro benzene ring substituents is 1. The molecule has 41 heavy (non-hydrogen) atoms. The number of aromatic nitrogens is 2. The Balaban J connectivity index is 0.000000850. The van der Waals surface area contributed by atoms with Gasteiger partial charge in [-0.05, 0) is 44.8 Å². The van der Waals surface area contributed by atoms with Crippen molar-refractivity contribution in [2.45, 2.75) is 64.8 Å². The van der Waals surface area contributed by atoms with Crippen LogP contribution in [0.2, 0.25) is 0 Å². The predicted octanol–water partition coefficient (Wildman–Crippen LogP) is 5.78. The standard InChI is InChI=1S/C27H35N5O4.CH4O3S/c1-4-5-6-7-8-9-10-11-24(33)36-19-12-13-21-20(18-19)26-25-22(31(29-26)17-16-30(2)3)14-15-23(32(34)35)27(25)28-21;1-5(2,3)4/h12-15,18,28H,4-11,16-17H2,1-3H3;1H3,(H,2,3,4). The van der Waals surface area contributed by atoms with E-state index in [0.29, 0.717) is 47.4 Å². The number of anilines is 2. The highest BCUT2D eigenvalue weighted by atomic mass is 32.2. The Bertz CT molecular complexity index is 1480. The van der Waals surface area contributed by atoms with Gasteiger partial charge in [0, 0.05) is 30.3 Å². The van der Waals surface area contributed by atoms with Gasteiger partial charge >= 0.3 is 5.97 Å². The molecule has 0 saturated carbocycles. The minimum atomic E-state index is -3.67. The van der Waals surface area contributed by atoms with E-state index in [9.17, 15) is 23.3 Å². The van der Waals surface area contributed by atoms with Crippen LogP contribution in [0.25, 0.3) is 22.2 Å². The molecule has 0 atom stereocenters. The fourth-order valence-corrected chi connectivity index (χ4v) is 4.63. The molecule has 0 aliphatic carbocycles. The van der Waals surface area contributed by atoms with Gasteiger partial charge in [-0.25, -0.2) is 0 Å². The largest absolute Gasteiger partial charge is 0.427 e. The molecule has 13 heteroatoms. The normalized spacial score (nSPS) is 12.0. The number of nitrogens with one attached hydrogen (secondary N) is 1. The van der Waals surface area contributed by atoms with Gasteiger partial charge in [-0.15, -0.1) is 0 Å². The lowest BCUT2D eigenvalue weighted by molar-refractivity contribution is -0.383. The Morgan fingerprint density at radius 2 is 1.78 bits per heavy atom. The Kier molecular flexibility index (Phi) is 11.2. The molecule has 0 amide bonds. The molecule has 0 bridgehead atoms. The summed E-state index contributed by atoms with van der Waals surface area (Å²) in [5.41, 5.74) is 3.39. The van der Waals surface area contributed by atoms with Crippen molar-refractivity contribution in [2.75, 3.05) is 32.2 Å². The average Bonchev–Trinajstić information content (AvgIpc) is 3.26. The molecule has 0 fully saturated rings. The molecule has 3 aromatic rings. The summed E-state index contributed by atoms with van der Waals surface area (Å²) in [6.07, 6.45) is 9.09. The van der Waals surface area contributed by atoms with Gasteiger partial charge in [0.05, 0.1) is 28.6 Å². The van der Waals surface area contributed by atoms with Gasteiger partial charge < -0.3 is 15.0 Å². The first-order chi connectivity index (χ1) is 19.4. The number of rotatable bonds is 13. The number of ether oxygens (including phenoxy) is 1. The van der Waals surface area contributed by atoms with E-state index in [-0.39, 0.29) is 16.6 Å². The van der Waals surface area contributed by atoms with Crippen LogP contribution in [0.3, 0.4) is 0 Å². The lowest BCUT2D eigenvalue weighted by atomic mass is 9.99. The van der Waals surface area contributed by atoms with Crippen LogP contribution in [-0.2, 0) is 21.5 Å². The molecule has 0 radical (unpaired) electrons. The Morgan fingerprint density at radius 1 is 1.12 bits per heavy atom. The van der Waals surface area contributed by atoms with Crippen molar-refractivity contribution in [3.8, 4) is 17.0 Å². The molecule has 4 rings (SSSR count). The molecule has 0 saturated heterocycles. The molecule has 2 heterocycles. The van der Waals surface area contributed by atoms with Crippen molar-refractivity contribution in [1.82, 2.24) is 14.7 Å². The van der Waals surface area contributed by atoms with Crippen LogP contribution in [0.5, 0.6) is 5.75 Å². The van der Waals surface area contributed by atoms with E-state index in [0.717, 1.165) is 36.9 Å². The molecule has 2 aromatic carbocycles. The average molecular weight is 590 g/mol. The van der Waals surface area contributed by atoms with Crippen LogP contribution < -0.4 is 10.1 Å². The number of carbonyl (C=O) groups is 1. The highest BCUT2D eigenvalue weighted by Gasteiger charge is 2.29. The number of carbonyl (C=O) groups excluding carboxylic acids is 1. The zero-order chi connectivity index (χ0) is 30.2. The van der Waals surface area contributed by atoms with E-state index in [1.807, 2.05) is 18.8 Å². The monoisotopic (exact) mass is 589 g/mol. The highest BCUT2D eigenvalue weighted by molar-refractivity contribution is 7.85. The smallest absolute Gasteiger partial charge is 0.311 e. The second-order valence-corrected chi connectivity index (χ2v) is 11.9. The van der Waals surface area contributed by atoms with Crippen LogP contribution in [0, 0.1) is 10.1 Å². The molecule has 1 aliphatic rings. The quantitative estimate of drug-likeness (QED) is 0.0489. The summed E-state index contributed by atoms with van der Waals surface area (Å²) in [6, 6.07) is 8.57. The van der Waals surface area contributed by atoms with Crippen molar-refractivity contribution in [3.05, 3.63) is 40.4 Å². The molecule has 0 spiro atoms. The molecule has 224 valence electrons. The molecule has 2 N–H and O–H groups in total. The molecule has 12 nitrogen and oxygen atoms in total. The number of fused-ring (bicyclic) bond motifs is 2. The van der Waals surface area contributed by atoms with Crippen molar-refractivity contribution in [2.24, 2.45) is 0 Å². The maximum absolute atomic E-state index is 12.4. The number of likely N-dealkylation sites (N-methyl/N-ethyl adjacent to an activating group) is 1. The third-order valence-electron chi connectivity index (χ3n) is 6.57. The minimum absolute atomic E-state index is 0.00626. The number of hydrogen-bond acceptors (Lipinski definition) is 9. The van der Waals surface area contributed by atoms with Gasteiger partial charge in [0.2, 0.25) is 0 Å². The summed E-state index contributed by atoms with van der Waals surface area (Å²) in [7, 11) is 0.315. The van der Waals surface area contributed by atoms with Crippen LogP contribution >= 0.6 is 0 Å². The fourth-order valence-electron chi connectivity index (χ4n) is 4.63. The van der Waals surface area contributed by atoms with Crippen LogP contribution in [0.4, 0.5) is 17.1 Å². The van der Waals surface area contributed by atoms with E-state index >= 15 is 0 Å². The van der Waals surface area contributed by atoms with Gasteiger partial charge in [0.1, 0.15) is 17.1 Å². The van der Waals surface area contributed by atoms with Crippen molar-refractivity contribution in [1.29, 1.82) is 0 Å². The molecule has 1 aliphatic heterocycles. The summed E-state index contributed by atoms with van der Waals surface area (Å²) in [4.78, 5) is 25.8. The first-order valence-electron chi connectivity index (χ1n) is 13.8. The Labute approximate surface area is 240 Å². The number of benzene rings is 2. The van der Waals surface area contributed by atoms with Gasteiger partial charge in [0.25, 0.3) is 15.8 Å². The number of esters is 1.